The molecule has 0 aromatic heterocycles. The van der Waals surface area contributed by atoms with Gasteiger partial charge in [0.05, 0.1) is 20.6 Å². The summed E-state index contributed by atoms with van der Waals surface area (Å²) in [4.78, 5) is 0. The van der Waals surface area contributed by atoms with E-state index in [0.29, 0.717) is 11.5 Å². The second kappa shape index (κ2) is 6.65. The third kappa shape index (κ3) is 5.38. The molecule has 1 aromatic carbocycles. The third-order valence-electron chi connectivity index (χ3n) is 2.67. The van der Waals surface area contributed by atoms with Crippen LogP contribution in [0.5, 0.6) is 11.5 Å². The Hall–Kier alpha value is -1.43. The van der Waals surface area contributed by atoms with Crippen molar-refractivity contribution in [2.24, 2.45) is 0 Å². The van der Waals surface area contributed by atoms with E-state index in [2.05, 4.69) is 5.32 Å². The molecule has 1 N–H and O–H groups in total. The molecule has 108 valence electrons. The maximum absolute atomic E-state index is 12.2. The Bertz CT molecular complexity index is 407. The highest BCUT2D eigenvalue weighted by Crippen LogP contribution is 2.25. The Morgan fingerprint density at radius 2 is 1.89 bits per heavy atom. The third-order valence-corrected chi connectivity index (χ3v) is 2.67. The van der Waals surface area contributed by atoms with Crippen LogP contribution >= 0.6 is 0 Å². The maximum atomic E-state index is 12.2. The molecule has 1 atom stereocenters. The molecule has 0 saturated carbocycles. The fraction of sp³-hybridized carbons (Fsp3) is 0.538. The number of hydrogen-bond acceptors (Lipinski definition) is 3. The summed E-state index contributed by atoms with van der Waals surface area (Å²) in [6.07, 6.45) is -5.02. The maximum Gasteiger partial charge on any atom is 0.390 e. The van der Waals surface area contributed by atoms with Gasteiger partial charge in [-0.25, -0.2) is 0 Å². The first-order valence-electron chi connectivity index (χ1n) is 5.86. The summed E-state index contributed by atoms with van der Waals surface area (Å²) in [6, 6.07) is 4.55. The molecule has 0 aliphatic rings. The van der Waals surface area contributed by atoms with Gasteiger partial charge < -0.3 is 14.8 Å². The molecule has 0 aliphatic heterocycles. The average Bonchev–Trinajstić information content (AvgIpc) is 2.33. The highest BCUT2D eigenvalue weighted by molar-refractivity contribution is 5.40. The van der Waals surface area contributed by atoms with Crippen molar-refractivity contribution in [2.75, 3.05) is 14.2 Å². The Kier molecular flexibility index (Phi) is 5.47. The molecule has 19 heavy (non-hydrogen) atoms. The fourth-order valence-electron chi connectivity index (χ4n) is 1.72. The van der Waals surface area contributed by atoms with Gasteiger partial charge >= 0.3 is 6.18 Å². The molecule has 0 saturated heterocycles. The lowest BCUT2D eigenvalue weighted by Gasteiger charge is -2.17. The molecule has 0 bridgehead atoms. The SMILES string of the molecule is COc1ccc(OC)c(CNC(C)CC(F)(F)F)c1. The first-order chi connectivity index (χ1) is 8.85. The zero-order valence-electron chi connectivity index (χ0n) is 11.2. The highest BCUT2D eigenvalue weighted by atomic mass is 19.4. The van der Waals surface area contributed by atoms with Gasteiger partial charge in [-0.2, -0.15) is 13.2 Å². The molecule has 0 heterocycles. The van der Waals surface area contributed by atoms with Crippen molar-refractivity contribution in [3.63, 3.8) is 0 Å². The Morgan fingerprint density at radius 1 is 1.21 bits per heavy atom. The lowest BCUT2D eigenvalue weighted by atomic mass is 10.1. The van der Waals surface area contributed by atoms with Crippen LogP contribution in [0.25, 0.3) is 0 Å². The van der Waals surface area contributed by atoms with Crippen LogP contribution in [-0.2, 0) is 6.54 Å². The van der Waals surface area contributed by atoms with Crippen LogP contribution in [0.4, 0.5) is 13.2 Å². The quantitative estimate of drug-likeness (QED) is 0.866. The molecular weight excluding hydrogens is 259 g/mol. The smallest absolute Gasteiger partial charge is 0.390 e. The van der Waals surface area contributed by atoms with Crippen molar-refractivity contribution in [1.82, 2.24) is 5.32 Å². The van der Waals surface area contributed by atoms with Crippen molar-refractivity contribution < 1.29 is 22.6 Å². The lowest BCUT2D eigenvalue weighted by molar-refractivity contribution is -0.139. The molecule has 0 fully saturated rings. The van der Waals surface area contributed by atoms with Crippen LogP contribution in [0.15, 0.2) is 18.2 Å². The molecule has 0 radical (unpaired) electrons. The number of rotatable bonds is 6. The topological polar surface area (TPSA) is 30.5 Å². The predicted molar refractivity (Wildman–Crippen MR) is 66.5 cm³/mol. The zero-order valence-corrected chi connectivity index (χ0v) is 11.2. The van der Waals surface area contributed by atoms with E-state index in [1.807, 2.05) is 0 Å². The highest BCUT2D eigenvalue weighted by Gasteiger charge is 2.29. The van der Waals surface area contributed by atoms with Gasteiger partial charge in [-0.1, -0.05) is 0 Å². The predicted octanol–water partition coefficient (Wildman–Crippen LogP) is 3.13. The molecular formula is C13H18F3NO2. The molecule has 1 aromatic rings. The van der Waals surface area contributed by atoms with Gasteiger partial charge in [0.15, 0.2) is 0 Å². The van der Waals surface area contributed by atoms with Crippen molar-refractivity contribution in [2.45, 2.75) is 32.1 Å². The Balaban J connectivity index is 2.65. The number of nitrogens with one attached hydrogen (secondary N) is 1. The van der Waals surface area contributed by atoms with Crippen molar-refractivity contribution in [3.8, 4) is 11.5 Å². The molecule has 3 nitrogen and oxygen atoms in total. The van der Waals surface area contributed by atoms with Crippen LogP contribution in [0.1, 0.15) is 18.9 Å². The fourth-order valence-corrected chi connectivity index (χ4v) is 1.72. The molecule has 1 unspecified atom stereocenters. The second-order valence-electron chi connectivity index (χ2n) is 4.28. The van der Waals surface area contributed by atoms with Crippen molar-refractivity contribution in [3.05, 3.63) is 23.8 Å². The van der Waals surface area contributed by atoms with E-state index in [0.717, 1.165) is 5.56 Å². The summed E-state index contributed by atoms with van der Waals surface area (Å²) in [5.74, 6) is 1.26. The first kappa shape index (κ1) is 15.6. The Morgan fingerprint density at radius 3 is 2.42 bits per heavy atom. The standard InChI is InChI=1S/C13H18F3NO2/c1-9(7-13(14,15)16)17-8-10-6-11(18-2)4-5-12(10)19-3/h4-6,9,17H,7-8H2,1-3H3. The number of alkyl halides is 3. The normalized spacial score (nSPS) is 13.2. The van der Waals surface area contributed by atoms with Gasteiger partial charge in [-0.15, -0.1) is 0 Å². The number of benzene rings is 1. The summed E-state index contributed by atoms with van der Waals surface area (Å²) < 4.78 is 46.9. The minimum absolute atomic E-state index is 0.289. The number of ether oxygens (including phenoxy) is 2. The molecule has 0 spiro atoms. The van der Waals surface area contributed by atoms with E-state index in [4.69, 9.17) is 9.47 Å². The number of halogens is 3. The number of hydrogen-bond donors (Lipinski definition) is 1. The van der Waals surface area contributed by atoms with E-state index in [9.17, 15) is 13.2 Å². The van der Waals surface area contributed by atoms with E-state index in [1.54, 1.807) is 18.2 Å². The summed E-state index contributed by atoms with van der Waals surface area (Å²) in [5.41, 5.74) is 0.760. The molecule has 6 heteroatoms. The van der Waals surface area contributed by atoms with Crippen molar-refractivity contribution >= 4 is 0 Å². The minimum atomic E-state index is -4.16. The van der Waals surface area contributed by atoms with Gasteiger partial charge in [0.25, 0.3) is 0 Å². The summed E-state index contributed by atoms with van der Waals surface area (Å²) >= 11 is 0. The Labute approximate surface area is 110 Å². The van der Waals surface area contributed by atoms with E-state index < -0.39 is 18.6 Å². The van der Waals surface area contributed by atoms with Crippen LogP contribution < -0.4 is 14.8 Å². The van der Waals surface area contributed by atoms with Crippen molar-refractivity contribution in [1.29, 1.82) is 0 Å². The largest absolute Gasteiger partial charge is 0.497 e. The van der Waals surface area contributed by atoms with Gasteiger partial charge in [-0.05, 0) is 25.1 Å². The van der Waals surface area contributed by atoms with Crippen LogP contribution in [0.3, 0.4) is 0 Å². The van der Waals surface area contributed by atoms with Crippen LogP contribution in [0, 0.1) is 0 Å². The van der Waals surface area contributed by atoms with E-state index in [1.165, 1.54) is 21.1 Å². The van der Waals surface area contributed by atoms with Crippen LogP contribution in [-0.4, -0.2) is 26.4 Å². The molecule has 1 rings (SSSR count). The molecule has 0 aliphatic carbocycles. The lowest BCUT2D eigenvalue weighted by Crippen LogP contribution is -2.30. The summed E-state index contributed by atoms with van der Waals surface area (Å²) in [7, 11) is 3.05. The summed E-state index contributed by atoms with van der Waals surface area (Å²) in [5, 5.41) is 2.83. The molecule has 0 amide bonds. The van der Waals surface area contributed by atoms with Gasteiger partial charge in [0.1, 0.15) is 11.5 Å². The van der Waals surface area contributed by atoms with Gasteiger partial charge in [-0.3, -0.25) is 0 Å². The first-order valence-corrected chi connectivity index (χ1v) is 5.86. The number of methoxy groups -OCH3 is 2. The monoisotopic (exact) mass is 277 g/mol. The van der Waals surface area contributed by atoms with Crippen LogP contribution in [0.2, 0.25) is 0 Å². The second-order valence-corrected chi connectivity index (χ2v) is 4.28. The average molecular weight is 277 g/mol. The van der Waals surface area contributed by atoms with E-state index in [-0.39, 0.29) is 6.54 Å². The van der Waals surface area contributed by atoms with Gasteiger partial charge in [0.2, 0.25) is 0 Å². The minimum Gasteiger partial charge on any atom is -0.497 e. The van der Waals surface area contributed by atoms with E-state index >= 15 is 0 Å². The van der Waals surface area contributed by atoms with Gasteiger partial charge in [0, 0.05) is 18.2 Å². The zero-order chi connectivity index (χ0) is 14.5. The summed E-state index contributed by atoms with van der Waals surface area (Å²) in [6.45, 7) is 1.79.